The van der Waals surface area contributed by atoms with E-state index in [0.717, 1.165) is 29.5 Å². The van der Waals surface area contributed by atoms with Crippen LogP contribution in [0.1, 0.15) is 54.6 Å². The number of hydrogen-bond acceptors (Lipinski definition) is 6. The third-order valence-corrected chi connectivity index (χ3v) is 5.93. The van der Waals surface area contributed by atoms with E-state index in [2.05, 4.69) is 25.2 Å². The maximum atomic E-state index is 12.4. The molecule has 0 saturated heterocycles. The Labute approximate surface area is 231 Å². The normalized spacial score (nSPS) is 11.5. The van der Waals surface area contributed by atoms with Crippen molar-refractivity contribution in [2.75, 3.05) is 18.5 Å². The number of carbonyl (C=O) groups is 1. The summed E-state index contributed by atoms with van der Waals surface area (Å²) >= 11 is 0. The van der Waals surface area contributed by atoms with Gasteiger partial charge < -0.3 is 30.4 Å². The first kappa shape index (κ1) is 30.7. The summed E-state index contributed by atoms with van der Waals surface area (Å²) < 4.78 is 12.0. The highest BCUT2D eigenvalue weighted by atomic mass is 35.5. The van der Waals surface area contributed by atoms with Crippen molar-refractivity contribution in [2.24, 2.45) is 11.7 Å². The van der Waals surface area contributed by atoms with Gasteiger partial charge in [-0.3, -0.25) is 5.41 Å². The third kappa shape index (κ3) is 8.78. The van der Waals surface area contributed by atoms with Gasteiger partial charge in [0.1, 0.15) is 18.2 Å². The second-order valence-corrected chi connectivity index (χ2v) is 9.40. The molecule has 1 atom stereocenters. The molecule has 0 spiro atoms. The lowest BCUT2D eigenvalue weighted by molar-refractivity contribution is -0.307. The van der Waals surface area contributed by atoms with Crippen molar-refractivity contribution in [1.29, 1.82) is 5.41 Å². The van der Waals surface area contributed by atoms with Crippen molar-refractivity contribution in [1.82, 2.24) is 0 Å². The summed E-state index contributed by atoms with van der Waals surface area (Å²) in [6.45, 7) is 7.40. The maximum absolute atomic E-state index is 12.4. The molecule has 7 nitrogen and oxygen atoms in total. The molecule has 4 N–H and O–H groups in total. The molecular weight excluding hydrogens is 502 g/mol. The van der Waals surface area contributed by atoms with Crippen LogP contribution < -0.4 is 20.9 Å². The highest BCUT2D eigenvalue weighted by molar-refractivity contribution is 5.95. The van der Waals surface area contributed by atoms with Gasteiger partial charge in [0.15, 0.2) is 0 Å². The molecule has 3 rings (SSSR count). The number of carboxylic acid groups (broad SMARTS) is 1. The topological polar surface area (TPSA) is 120 Å². The van der Waals surface area contributed by atoms with Gasteiger partial charge in [-0.05, 0) is 65.8 Å². The Morgan fingerprint density at radius 2 is 1.71 bits per heavy atom. The molecule has 0 fully saturated rings. The highest BCUT2D eigenvalue weighted by Crippen LogP contribution is 2.35. The molecule has 3 aromatic carbocycles. The van der Waals surface area contributed by atoms with Gasteiger partial charge in [-0.1, -0.05) is 57.2 Å². The largest absolute Gasteiger partial charge is 0.548 e. The number of anilines is 1. The molecule has 0 radical (unpaired) electrons. The first-order chi connectivity index (χ1) is 17.8. The van der Waals surface area contributed by atoms with Gasteiger partial charge in [0.25, 0.3) is 0 Å². The molecule has 3 aromatic rings. The van der Waals surface area contributed by atoms with Gasteiger partial charge >= 0.3 is 0 Å². The maximum Gasteiger partial charge on any atom is 0.128 e. The van der Waals surface area contributed by atoms with Crippen molar-refractivity contribution >= 4 is 29.9 Å². The van der Waals surface area contributed by atoms with Crippen LogP contribution in [0.2, 0.25) is 0 Å². The van der Waals surface area contributed by atoms with Crippen LogP contribution in [-0.4, -0.2) is 25.0 Å². The molecule has 0 heterocycles. The van der Waals surface area contributed by atoms with Gasteiger partial charge in [-0.25, -0.2) is 0 Å². The second kappa shape index (κ2) is 15.0. The molecule has 0 bridgehead atoms. The lowest BCUT2D eigenvalue weighted by Crippen LogP contribution is -2.35. The zero-order valence-electron chi connectivity index (χ0n) is 22.2. The number of carboxylic acids is 1. The number of aryl methyl sites for hydroxylation is 1. The van der Waals surface area contributed by atoms with E-state index in [4.69, 9.17) is 20.6 Å². The van der Waals surface area contributed by atoms with E-state index in [1.54, 1.807) is 24.3 Å². The number of ether oxygens (including phenoxy) is 2. The second-order valence-electron chi connectivity index (χ2n) is 9.40. The molecule has 0 aliphatic rings. The Morgan fingerprint density at radius 1 is 1.03 bits per heavy atom. The van der Waals surface area contributed by atoms with Crippen LogP contribution in [-0.2, 0) is 29.0 Å². The molecule has 38 heavy (non-hydrogen) atoms. The molecular formula is C30H37ClN3O4-. The van der Waals surface area contributed by atoms with Crippen LogP contribution in [0.5, 0.6) is 5.75 Å². The average Bonchev–Trinajstić information content (AvgIpc) is 2.88. The Kier molecular flexibility index (Phi) is 12.1. The van der Waals surface area contributed by atoms with Crippen LogP contribution in [0.25, 0.3) is 0 Å². The smallest absolute Gasteiger partial charge is 0.128 e. The van der Waals surface area contributed by atoms with Crippen LogP contribution >= 0.6 is 12.4 Å². The summed E-state index contributed by atoms with van der Waals surface area (Å²) in [6.07, 6.45) is 1.50. The number of nitrogens with one attached hydrogen (secondary N) is 2. The van der Waals surface area contributed by atoms with Gasteiger partial charge in [0, 0.05) is 16.8 Å². The van der Waals surface area contributed by atoms with Crippen LogP contribution in [0, 0.1) is 11.3 Å². The zero-order chi connectivity index (χ0) is 26.8. The lowest BCUT2D eigenvalue weighted by atomic mass is 9.93. The number of halogens is 1. The van der Waals surface area contributed by atoms with Crippen LogP contribution in [0.4, 0.5) is 5.69 Å². The summed E-state index contributed by atoms with van der Waals surface area (Å²) in [5, 5.41) is 23.0. The van der Waals surface area contributed by atoms with E-state index in [1.165, 1.54) is 0 Å². The number of benzene rings is 3. The van der Waals surface area contributed by atoms with Gasteiger partial charge in [0.2, 0.25) is 0 Å². The first-order valence-electron chi connectivity index (χ1n) is 12.6. The number of amidine groups is 1. The standard InChI is InChI=1S/C30H37N3O4.ClH/c1-4-21-17-24(16-20(2)3)28(37-15-14-36-19-22-8-6-5-7-9-22)26(18-21)27(30(34)35)33-25-12-10-23(11-13-25)29(31)32;/h5-13,17-18,20,27,33H,4,14-16,19H2,1-3H3,(H3,31,32)(H,34,35);1H/p-1. The predicted octanol–water partition coefficient (Wildman–Crippen LogP) is 4.65. The third-order valence-electron chi connectivity index (χ3n) is 5.93. The van der Waals surface area contributed by atoms with Crippen molar-refractivity contribution in [3.63, 3.8) is 0 Å². The quantitative estimate of drug-likeness (QED) is 0.156. The Morgan fingerprint density at radius 3 is 2.29 bits per heavy atom. The fraction of sp³-hybridized carbons (Fsp3) is 0.333. The summed E-state index contributed by atoms with van der Waals surface area (Å²) in [6, 6.07) is 19.5. The summed E-state index contributed by atoms with van der Waals surface area (Å²) in [5.74, 6) is -0.409. The Bertz CT molecular complexity index is 1180. The van der Waals surface area contributed by atoms with Crippen molar-refractivity contribution < 1.29 is 19.4 Å². The molecule has 204 valence electrons. The van der Waals surface area contributed by atoms with Crippen molar-refractivity contribution in [3.8, 4) is 5.75 Å². The molecule has 0 aliphatic heterocycles. The predicted molar refractivity (Wildman–Crippen MR) is 152 cm³/mol. The van der Waals surface area contributed by atoms with Gasteiger partial charge in [-0.2, -0.15) is 0 Å². The number of rotatable bonds is 14. The van der Waals surface area contributed by atoms with Crippen molar-refractivity contribution in [3.05, 3.63) is 94.5 Å². The van der Waals surface area contributed by atoms with Gasteiger partial charge in [-0.15, -0.1) is 12.4 Å². The minimum atomic E-state index is -1.26. The number of nitrogen functional groups attached to an aromatic ring is 1. The fourth-order valence-electron chi connectivity index (χ4n) is 4.11. The van der Waals surface area contributed by atoms with Crippen molar-refractivity contribution in [2.45, 2.75) is 46.3 Å². The minimum Gasteiger partial charge on any atom is -0.548 e. The Hall–Kier alpha value is -3.55. The van der Waals surface area contributed by atoms with E-state index < -0.39 is 12.0 Å². The van der Waals surface area contributed by atoms with Crippen LogP contribution in [0.3, 0.4) is 0 Å². The van der Waals surface area contributed by atoms with E-state index in [-0.39, 0.29) is 24.8 Å². The average molecular weight is 539 g/mol. The summed E-state index contributed by atoms with van der Waals surface area (Å²) in [7, 11) is 0. The van der Waals surface area contributed by atoms with E-state index in [0.29, 0.717) is 41.7 Å². The minimum absolute atomic E-state index is 0. The molecule has 0 amide bonds. The number of carbonyl (C=O) groups excluding carboxylic acids is 1. The molecule has 8 heteroatoms. The van der Waals surface area contributed by atoms with E-state index >= 15 is 0 Å². The van der Waals surface area contributed by atoms with E-state index in [1.807, 2.05) is 43.3 Å². The summed E-state index contributed by atoms with van der Waals surface area (Å²) in [4.78, 5) is 12.4. The zero-order valence-corrected chi connectivity index (χ0v) is 23.0. The van der Waals surface area contributed by atoms with Gasteiger partial charge in [0.05, 0.1) is 25.2 Å². The molecule has 0 saturated carbocycles. The van der Waals surface area contributed by atoms with E-state index in [9.17, 15) is 9.90 Å². The van der Waals surface area contributed by atoms with Crippen LogP contribution in [0.15, 0.2) is 66.7 Å². The molecule has 1 unspecified atom stereocenters. The number of hydrogen-bond donors (Lipinski definition) is 3. The SMILES string of the molecule is CCc1cc(CC(C)C)c(OCCOCc2ccccc2)c(C(Nc2ccc(C(=N)N)cc2)C(=O)[O-])c1.Cl. The lowest BCUT2D eigenvalue weighted by Gasteiger charge is -2.27. The Balaban J connectivity index is 0.00000507. The monoisotopic (exact) mass is 538 g/mol. The number of nitrogens with two attached hydrogens (primary N) is 1. The number of aliphatic carboxylic acids is 1. The fourth-order valence-corrected chi connectivity index (χ4v) is 4.11. The summed E-state index contributed by atoms with van der Waals surface area (Å²) in [5.41, 5.74) is 10.3. The highest BCUT2D eigenvalue weighted by Gasteiger charge is 2.22. The first-order valence-corrected chi connectivity index (χ1v) is 12.6. The molecule has 0 aromatic heterocycles. The molecule has 0 aliphatic carbocycles.